The summed E-state index contributed by atoms with van der Waals surface area (Å²) >= 11 is 0. The lowest BCUT2D eigenvalue weighted by atomic mass is 9.74. The standard InChI is InChI=1S/C47H45N7/c1-6-34(39-26-16-18-28-41(39)54-33(3)52(37-23-11-8-12-24-37)44(50-54)35-20-9-7-10-21-35)29-47(4)30-36-22-14-17-27-40(36)53-45-42(51(5)46(47)53)31-48-43(49-45)38-25-15-13-19-32(38)2/h7-29,31,33,46H,6,30H2,1-5H3/b34-29+. The van der Waals surface area contributed by atoms with Gasteiger partial charge in [0.25, 0.3) is 0 Å². The van der Waals surface area contributed by atoms with Gasteiger partial charge >= 0.3 is 0 Å². The number of nitrogens with zero attached hydrogens (tertiary/aromatic N) is 7. The van der Waals surface area contributed by atoms with Crippen LogP contribution in [0.15, 0.2) is 151 Å². The maximum atomic E-state index is 5.39. The number of benzene rings is 5. The van der Waals surface area contributed by atoms with E-state index < -0.39 is 0 Å². The van der Waals surface area contributed by atoms with Gasteiger partial charge in [-0.3, -0.25) is 0 Å². The van der Waals surface area contributed by atoms with Crippen LogP contribution in [0, 0.1) is 12.3 Å². The van der Waals surface area contributed by atoms with Gasteiger partial charge in [0.05, 0.1) is 11.9 Å². The summed E-state index contributed by atoms with van der Waals surface area (Å²) in [6.07, 6.45) is 6.28. The van der Waals surface area contributed by atoms with Crippen LogP contribution in [0.25, 0.3) is 17.0 Å². The van der Waals surface area contributed by atoms with Crippen LogP contribution in [0.1, 0.15) is 49.4 Å². The molecule has 6 aromatic rings. The molecule has 0 spiro atoms. The summed E-state index contributed by atoms with van der Waals surface area (Å²) in [6, 6.07) is 47.1. The molecule has 0 saturated carbocycles. The number of hydrazone groups is 1. The van der Waals surface area contributed by atoms with Crippen molar-refractivity contribution < 1.29 is 0 Å². The fourth-order valence-electron chi connectivity index (χ4n) is 8.87. The Morgan fingerprint density at radius 1 is 0.778 bits per heavy atom. The van der Waals surface area contributed by atoms with Crippen molar-refractivity contribution >= 4 is 40.0 Å². The topological polar surface area (TPSA) is 51.1 Å². The molecule has 3 aliphatic rings. The van der Waals surface area contributed by atoms with Crippen molar-refractivity contribution in [1.29, 1.82) is 0 Å². The molecular formula is C47H45N7. The van der Waals surface area contributed by atoms with Crippen LogP contribution in [0.2, 0.25) is 0 Å². The van der Waals surface area contributed by atoms with Crippen LogP contribution in [0.5, 0.6) is 0 Å². The first-order valence-electron chi connectivity index (χ1n) is 19.0. The molecule has 1 aromatic heterocycles. The summed E-state index contributed by atoms with van der Waals surface area (Å²) in [5, 5.41) is 7.59. The van der Waals surface area contributed by atoms with Gasteiger partial charge in [-0.2, -0.15) is 5.10 Å². The lowest BCUT2D eigenvalue weighted by Gasteiger charge is -2.47. The highest BCUT2D eigenvalue weighted by molar-refractivity contribution is 6.12. The van der Waals surface area contributed by atoms with Crippen LogP contribution in [-0.4, -0.2) is 35.2 Å². The average molecular weight is 708 g/mol. The molecule has 0 fully saturated rings. The highest BCUT2D eigenvalue weighted by Crippen LogP contribution is 2.54. The molecular weight excluding hydrogens is 663 g/mol. The van der Waals surface area contributed by atoms with Gasteiger partial charge in [0.15, 0.2) is 17.5 Å². The van der Waals surface area contributed by atoms with E-state index in [1.165, 1.54) is 22.4 Å². The van der Waals surface area contributed by atoms with E-state index in [9.17, 15) is 0 Å². The summed E-state index contributed by atoms with van der Waals surface area (Å²) in [5.74, 6) is 2.65. The SMILES string of the molecule is CC/C(=C\C1(C)Cc2ccccc2N2c3nc(-c4ccccc4C)ncc3N(C)C21)c1ccccc1N1N=C(c2ccccc2)N(c2ccccc2)C1C. The van der Waals surface area contributed by atoms with Crippen molar-refractivity contribution in [2.24, 2.45) is 10.5 Å². The largest absolute Gasteiger partial charge is 0.349 e. The molecule has 9 rings (SSSR count). The zero-order chi connectivity index (χ0) is 37.0. The van der Waals surface area contributed by atoms with Crippen molar-refractivity contribution in [1.82, 2.24) is 9.97 Å². The fraction of sp³-hybridized carbons (Fsp3) is 0.213. The summed E-state index contributed by atoms with van der Waals surface area (Å²) < 4.78 is 0. The van der Waals surface area contributed by atoms with E-state index in [-0.39, 0.29) is 17.7 Å². The fourth-order valence-corrected chi connectivity index (χ4v) is 8.87. The van der Waals surface area contributed by atoms with Gasteiger partial charge in [-0.1, -0.05) is 129 Å². The second kappa shape index (κ2) is 13.3. The number of amidine groups is 1. The van der Waals surface area contributed by atoms with Gasteiger partial charge in [-0.15, -0.1) is 0 Å². The van der Waals surface area contributed by atoms with Crippen LogP contribution < -0.4 is 19.7 Å². The van der Waals surface area contributed by atoms with Crippen molar-refractivity contribution in [3.8, 4) is 11.4 Å². The number of fused-ring (bicyclic) bond motifs is 5. The Bertz CT molecular complexity index is 2400. The number of aromatic nitrogens is 2. The predicted octanol–water partition coefficient (Wildman–Crippen LogP) is 10.5. The van der Waals surface area contributed by atoms with Gasteiger partial charge in [0, 0.05) is 40.5 Å². The third kappa shape index (κ3) is 5.45. The minimum Gasteiger partial charge on any atom is -0.349 e. The van der Waals surface area contributed by atoms with E-state index in [0.29, 0.717) is 0 Å². The van der Waals surface area contributed by atoms with Crippen molar-refractivity contribution in [2.45, 2.75) is 52.9 Å². The van der Waals surface area contributed by atoms with E-state index in [1.807, 2.05) is 6.20 Å². The zero-order valence-corrected chi connectivity index (χ0v) is 31.6. The van der Waals surface area contributed by atoms with E-state index in [2.05, 4.69) is 194 Å². The molecule has 4 heterocycles. The number of para-hydroxylation sites is 3. The monoisotopic (exact) mass is 707 g/mol. The molecule has 3 atom stereocenters. The number of rotatable bonds is 7. The molecule has 0 N–H and O–H groups in total. The molecule has 0 saturated heterocycles. The highest BCUT2D eigenvalue weighted by atomic mass is 15.6. The number of anilines is 5. The Kier molecular flexibility index (Phi) is 8.30. The number of aryl methyl sites for hydroxylation is 1. The van der Waals surface area contributed by atoms with Crippen LogP contribution in [0.3, 0.4) is 0 Å². The highest BCUT2D eigenvalue weighted by Gasteiger charge is 2.51. The molecule has 54 heavy (non-hydrogen) atoms. The molecule has 7 heteroatoms. The minimum absolute atomic E-state index is 0.000445. The van der Waals surface area contributed by atoms with E-state index in [4.69, 9.17) is 15.1 Å². The molecule has 5 aromatic carbocycles. The Hall–Kier alpha value is -6.21. The first kappa shape index (κ1) is 33.6. The third-order valence-corrected chi connectivity index (χ3v) is 11.4. The Labute approximate surface area is 318 Å². The zero-order valence-electron chi connectivity index (χ0n) is 31.6. The van der Waals surface area contributed by atoms with Crippen LogP contribution in [0.4, 0.5) is 28.6 Å². The predicted molar refractivity (Wildman–Crippen MR) is 223 cm³/mol. The van der Waals surface area contributed by atoms with Crippen molar-refractivity contribution in [3.63, 3.8) is 0 Å². The van der Waals surface area contributed by atoms with Crippen LogP contribution in [-0.2, 0) is 6.42 Å². The summed E-state index contributed by atoms with van der Waals surface area (Å²) in [6.45, 7) is 9.06. The number of hydrogen-bond donors (Lipinski definition) is 0. The molecule has 3 aliphatic heterocycles. The van der Waals surface area contributed by atoms with E-state index in [0.717, 1.165) is 64.1 Å². The van der Waals surface area contributed by atoms with Gasteiger partial charge < -0.3 is 14.7 Å². The second-order valence-corrected chi connectivity index (χ2v) is 14.9. The maximum absolute atomic E-state index is 5.39. The van der Waals surface area contributed by atoms with Gasteiger partial charge in [0.1, 0.15) is 18.0 Å². The number of hydrogen-bond acceptors (Lipinski definition) is 7. The summed E-state index contributed by atoms with van der Waals surface area (Å²) in [4.78, 5) is 17.4. The quantitative estimate of drug-likeness (QED) is 0.165. The van der Waals surface area contributed by atoms with Crippen molar-refractivity contribution in [3.05, 3.63) is 168 Å². The van der Waals surface area contributed by atoms with E-state index >= 15 is 0 Å². The molecule has 3 unspecified atom stereocenters. The van der Waals surface area contributed by atoms with Gasteiger partial charge in [-0.05, 0) is 67.7 Å². The Morgan fingerprint density at radius 3 is 2.20 bits per heavy atom. The van der Waals surface area contributed by atoms with Crippen molar-refractivity contribution in [2.75, 3.05) is 26.8 Å². The minimum atomic E-state index is -0.281. The van der Waals surface area contributed by atoms with E-state index in [1.54, 1.807) is 0 Å². The molecule has 0 bridgehead atoms. The Balaban J connectivity index is 1.15. The summed E-state index contributed by atoms with van der Waals surface area (Å²) in [5.41, 5.74) is 11.3. The molecule has 0 aliphatic carbocycles. The molecule has 7 nitrogen and oxygen atoms in total. The van der Waals surface area contributed by atoms with Crippen LogP contribution >= 0.6 is 0 Å². The number of allylic oxidation sites excluding steroid dienone is 1. The smallest absolute Gasteiger partial charge is 0.162 e. The summed E-state index contributed by atoms with van der Waals surface area (Å²) in [7, 11) is 2.20. The first-order valence-corrected chi connectivity index (χ1v) is 19.0. The lowest BCUT2D eigenvalue weighted by Crippen LogP contribution is -2.53. The average Bonchev–Trinajstić information content (AvgIpc) is 3.72. The maximum Gasteiger partial charge on any atom is 0.162 e. The molecule has 0 amide bonds. The first-order chi connectivity index (χ1) is 26.4. The van der Waals surface area contributed by atoms with Gasteiger partial charge in [-0.25, -0.2) is 15.0 Å². The van der Waals surface area contributed by atoms with Gasteiger partial charge in [0.2, 0.25) is 0 Å². The second-order valence-electron chi connectivity index (χ2n) is 14.9. The normalized spacial score (nSPS) is 20.5. The molecule has 268 valence electrons. The Morgan fingerprint density at radius 2 is 1.44 bits per heavy atom. The lowest BCUT2D eigenvalue weighted by molar-refractivity contribution is 0.321. The molecule has 0 radical (unpaired) electrons. The third-order valence-electron chi connectivity index (χ3n) is 11.4.